The standard InChI is InChI=1S/C28H20N4OS2/c29-17-23-25(20-7-3-1-4-8-20)26(35-27(23)34-18-19-11-13-22(33)14-12-19)24-15-16-30-28(32-24)31-21-9-5-2-6-10-21/h1-16,33H,18H2,(H,30,31,32). The zero-order valence-corrected chi connectivity index (χ0v) is 20.2. The smallest absolute Gasteiger partial charge is 0.227 e. The molecule has 0 aliphatic carbocycles. The molecule has 0 bridgehead atoms. The zero-order valence-electron chi connectivity index (χ0n) is 18.6. The Morgan fingerprint density at radius 2 is 1.63 bits per heavy atom. The Labute approximate surface area is 211 Å². The van der Waals surface area contributed by atoms with Gasteiger partial charge in [-0.1, -0.05) is 60.7 Å². The van der Waals surface area contributed by atoms with E-state index in [1.165, 1.54) is 0 Å². The van der Waals surface area contributed by atoms with Crippen LogP contribution in [0, 0.1) is 11.3 Å². The van der Waals surface area contributed by atoms with Gasteiger partial charge in [0.1, 0.15) is 11.8 Å². The third-order valence-electron chi connectivity index (χ3n) is 5.27. The second-order valence-corrected chi connectivity index (χ2v) is 9.92. The number of nitrogens with one attached hydrogen (secondary N) is 1. The van der Waals surface area contributed by atoms with E-state index in [2.05, 4.69) is 16.4 Å². The summed E-state index contributed by atoms with van der Waals surface area (Å²) in [5.41, 5.74) is 5.25. The van der Waals surface area contributed by atoms with Crippen LogP contribution in [0.5, 0.6) is 5.75 Å². The lowest BCUT2D eigenvalue weighted by atomic mass is 10.0. The average molecular weight is 493 g/mol. The van der Waals surface area contributed by atoms with Crippen molar-refractivity contribution in [1.29, 1.82) is 5.26 Å². The van der Waals surface area contributed by atoms with Crippen molar-refractivity contribution in [2.45, 2.75) is 9.96 Å². The van der Waals surface area contributed by atoms with E-state index in [0.29, 0.717) is 17.3 Å². The van der Waals surface area contributed by atoms with Crippen LogP contribution in [-0.4, -0.2) is 15.1 Å². The van der Waals surface area contributed by atoms with E-state index in [-0.39, 0.29) is 5.75 Å². The molecular formula is C28H20N4OS2. The first-order valence-corrected chi connectivity index (χ1v) is 12.7. The Balaban J connectivity index is 1.55. The summed E-state index contributed by atoms with van der Waals surface area (Å²) in [5.74, 6) is 1.43. The molecule has 7 heteroatoms. The predicted molar refractivity (Wildman–Crippen MR) is 143 cm³/mol. The number of nitriles is 1. The number of thiophene rings is 1. The molecule has 2 aromatic heterocycles. The van der Waals surface area contributed by atoms with Gasteiger partial charge in [-0.25, -0.2) is 9.97 Å². The Morgan fingerprint density at radius 3 is 2.34 bits per heavy atom. The quantitative estimate of drug-likeness (QED) is 0.229. The number of hydrogen-bond donors (Lipinski definition) is 2. The molecule has 0 fully saturated rings. The highest BCUT2D eigenvalue weighted by molar-refractivity contribution is 8.00. The molecule has 3 aromatic carbocycles. The predicted octanol–water partition coefficient (Wildman–Crippen LogP) is 7.49. The van der Waals surface area contributed by atoms with Crippen LogP contribution in [0.15, 0.2) is 101 Å². The lowest BCUT2D eigenvalue weighted by Crippen LogP contribution is -1.97. The first kappa shape index (κ1) is 22.7. The van der Waals surface area contributed by atoms with E-state index in [4.69, 9.17) is 4.98 Å². The minimum absolute atomic E-state index is 0.241. The summed E-state index contributed by atoms with van der Waals surface area (Å²) < 4.78 is 0.936. The maximum Gasteiger partial charge on any atom is 0.227 e. The van der Waals surface area contributed by atoms with Crippen molar-refractivity contribution in [2.75, 3.05) is 5.32 Å². The van der Waals surface area contributed by atoms with Gasteiger partial charge in [0, 0.05) is 23.2 Å². The Hall–Kier alpha value is -4.12. The number of anilines is 2. The molecule has 2 N–H and O–H groups in total. The molecule has 5 rings (SSSR count). The maximum atomic E-state index is 10.2. The van der Waals surface area contributed by atoms with Gasteiger partial charge < -0.3 is 10.4 Å². The fourth-order valence-corrected chi connectivity index (χ4v) is 6.03. The van der Waals surface area contributed by atoms with Gasteiger partial charge in [-0.2, -0.15) is 5.26 Å². The van der Waals surface area contributed by atoms with E-state index in [0.717, 1.165) is 37.2 Å². The summed E-state index contributed by atoms with van der Waals surface area (Å²) in [6.07, 6.45) is 1.73. The number of phenolic OH excluding ortho intramolecular Hbond substituents is 1. The van der Waals surface area contributed by atoms with Gasteiger partial charge in [0.15, 0.2) is 0 Å². The molecule has 0 saturated heterocycles. The van der Waals surface area contributed by atoms with E-state index in [9.17, 15) is 10.4 Å². The van der Waals surface area contributed by atoms with Gasteiger partial charge in [-0.3, -0.25) is 0 Å². The lowest BCUT2D eigenvalue weighted by molar-refractivity contribution is 0.475. The van der Waals surface area contributed by atoms with Crippen LogP contribution in [0.1, 0.15) is 11.1 Å². The molecule has 0 atom stereocenters. The minimum atomic E-state index is 0.241. The number of phenols is 1. The third-order valence-corrected chi connectivity index (χ3v) is 7.83. The largest absolute Gasteiger partial charge is 0.508 e. The number of thioether (sulfide) groups is 1. The van der Waals surface area contributed by atoms with Crippen LogP contribution in [0.2, 0.25) is 0 Å². The molecule has 5 nitrogen and oxygen atoms in total. The highest BCUT2D eigenvalue weighted by Crippen LogP contribution is 2.47. The summed E-state index contributed by atoms with van der Waals surface area (Å²) in [6.45, 7) is 0. The number of aromatic hydroxyl groups is 1. The van der Waals surface area contributed by atoms with Gasteiger partial charge in [-0.15, -0.1) is 23.1 Å². The summed E-state index contributed by atoms with van der Waals surface area (Å²) in [4.78, 5) is 10.1. The monoisotopic (exact) mass is 492 g/mol. The second kappa shape index (κ2) is 10.4. The number of aromatic nitrogens is 2. The van der Waals surface area contributed by atoms with E-state index >= 15 is 0 Å². The molecule has 170 valence electrons. The topological polar surface area (TPSA) is 81.8 Å². The number of benzene rings is 3. The maximum absolute atomic E-state index is 10.2. The van der Waals surface area contributed by atoms with E-state index in [1.54, 1.807) is 41.4 Å². The van der Waals surface area contributed by atoms with Crippen LogP contribution in [0.25, 0.3) is 21.7 Å². The second-order valence-electron chi connectivity index (χ2n) is 7.66. The van der Waals surface area contributed by atoms with Crippen molar-refractivity contribution >= 4 is 34.7 Å². The Bertz CT molecular complexity index is 1480. The highest BCUT2D eigenvalue weighted by Gasteiger charge is 2.22. The molecule has 0 unspecified atom stereocenters. The van der Waals surface area contributed by atoms with Gasteiger partial charge in [0.2, 0.25) is 5.95 Å². The van der Waals surface area contributed by atoms with Crippen molar-refractivity contribution in [1.82, 2.24) is 9.97 Å². The van der Waals surface area contributed by atoms with Crippen LogP contribution in [-0.2, 0) is 5.75 Å². The summed E-state index contributed by atoms with van der Waals surface area (Å²) in [7, 11) is 0. The Kier molecular flexibility index (Phi) is 6.75. The molecule has 5 aromatic rings. The third kappa shape index (κ3) is 5.19. The molecule has 0 aliphatic rings. The molecule has 0 amide bonds. The SMILES string of the molecule is N#Cc1c(SCc2ccc(O)cc2)sc(-c2ccnc(Nc3ccccc3)n2)c1-c1ccccc1. The van der Waals surface area contributed by atoms with Crippen LogP contribution in [0.4, 0.5) is 11.6 Å². The fourth-order valence-electron chi connectivity index (χ4n) is 3.61. The molecule has 0 saturated carbocycles. The first-order chi connectivity index (χ1) is 17.2. The number of hydrogen-bond acceptors (Lipinski definition) is 7. The zero-order chi connectivity index (χ0) is 24.0. The molecule has 0 spiro atoms. The molecule has 0 aliphatic heterocycles. The van der Waals surface area contributed by atoms with Crippen LogP contribution in [0.3, 0.4) is 0 Å². The van der Waals surface area contributed by atoms with E-state index < -0.39 is 0 Å². The van der Waals surface area contributed by atoms with Crippen molar-refractivity contribution in [3.05, 3.63) is 108 Å². The van der Waals surface area contributed by atoms with Crippen LogP contribution >= 0.6 is 23.1 Å². The van der Waals surface area contributed by atoms with Gasteiger partial charge in [0.25, 0.3) is 0 Å². The Morgan fingerprint density at radius 1 is 0.914 bits per heavy atom. The van der Waals surface area contributed by atoms with Gasteiger partial charge in [-0.05, 0) is 41.5 Å². The molecule has 2 heterocycles. The number of para-hydroxylation sites is 1. The average Bonchev–Trinajstić information content (AvgIpc) is 3.28. The first-order valence-electron chi connectivity index (χ1n) is 10.9. The van der Waals surface area contributed by atoms with Crippen molar-refractivity contribution in [3.63, 3.8) is 0 Å². The van der Waals surface area contributed by atoms with Crippen molar-refractivity contribution in [2.24, 2.45) is 0 Å². The van der Waals surface area contributed by atoms with Gasteiger partial charge in [0.05, 0.1) is 20.3 Å². The van der Waals surface area contributed by atoms with E-state index in [1.807, 2.05) is 78.9 Å². The van der Waals surface area contributed by atoms with Gasteiger partial charge >= 0.3 is 0 Å². The highest BCUT2D eigenvalue weighted by atomic mass is 32.2. The molecule has 35 heavy (non-hydrogen) atoms. The summed E-state index contributed by atoms with van der Waals surface area (Å²) >= 11 is 3.19. The summed E-state index contributed by atoms with van der Waals surface area (Å²) in [6, 6.07) is 31.2. The van der Waals surface area contributed by atoms with Crippen molar-refractivity contribution < 1.29 is 5.11 Å². The fraction of sp³-hybridized carbons (Fsp3) is 0.0357. The number of rotatable bonds is 7. The molecular weight excluding hydrogens is 472 g/mol. The minimum Gasteiger partial charge on any atom is -0.508 e. The molecule has 0 radical (unpaired) electrons. The van der Waals surface area contributed by atoms with Crippen LogP contribution < -0.4 is 5.32 Å². The summed E-state index contributed by atoms with van der Waals surface area (Å²) in [5, 5.41) is 23.0. The number of nitrogens with zero attached hydrogens (tertiary/aromatic N) is 3. The lowest BCUT2D eigenvalue weighted by Gasteiger charge is -2.08. The van der Waals surface area contributed by atoms with Crippen molar-refractivity contribution in [3.8, 4) is 33.5 Å². The normalized spacial score (nSPS) is 10.6.